The number of ether oxygens (including phenoxy) is 1. The van der Waals surface area contributed by atoms with E-state index in [-0.39, 0.29) is 11.7 Å². The number of amides is 1. The van der Waals surface area contributed by atoms with Gasteiger partial charge in [-0.25, -0.2) is 4.39 Å². The number of thiophene rings is 1. The number of nitrogens with zero attached hydrogens (tertiary/aromatic N) is 1. The Labute approximate surface area is 148 Å². The quantitative estimate of drug-likeness (QED) is 0.654. The molecule has 0 radical (unpaired) electrons. The highest BCUT2D eigenvalue weighted by Crippen LogP contribution is 2.36. The molecule has 3 aromatic rings. The van der Waals surface area contributed by atoms with Gasteiger partial charge >= 0.3 is 0 Å². The number of methoxy groups -OCH3 is 1. The molecule has 0 aliphatic carbocycles. The summed E-state index contributed by atoms with van der Waals surface area (Å²) in [5, 5.41) is 1.07. The van der Waals surface area contributed by atoms with Crippen LogP contribution < -0.4 is 4.74 Å². The molecule has 1 heterocycles. The Kier molecular flexibility index (Phi) is 4.73. The van der Waals surface area contributed by atoms with Crippen LogP contribution in [0.3, 0.4) is 0 Å². The Morgan fingerprint density at radius 1 is 1.25 bits per heavy atom. The van der Waals surface area contributed by atoms with Crippen molar-refractivity contribution in [1.29, 1.82) is 0 Å². The second kappa shape index (κ2) is 6.79. The Morgan fingerprint density at radius 2 is 1.96 bits per heavy atom. The van der Waals surface area contributed by atoms with Gasteiger partial charge in [0.15, 0.2) is 0 Å². The van der Waals surface area contributed by atoms with Gasteiger partial charge in [0, 0.05) is 23.7 Å². The molecule has 1 amide bonds. The number of carbonyl (C=O) groups is 1. The predicted molar refractivity (Wildman–Crippen MR) is 95.6 cm³/mol. The van der Waals surface area contributed by atoms with Gasteiger partial charge < -0.3 is 9.64 Å². The summed E-state index contributed by atoms with van der Waals surface area (Å²) < 4.78 is 19.1. The summed E-state index contributed by atoms with van der Waals surface area (Å²) in [6.45, 7) is 0.446. The molecule has 0 aliphatic rings. The molecule has 24 heavy (non-hydrogen) atoms. The third-order valence-corrected chi connectivity index (χ3v) is 5.36. The molecule has 3 nitrogen and oxygen atoms in total. The fourth-order valence-corrected chi connectivity index (χ4v) is 3.96. The zero-order chi connectivity index (χ0) is 17.3. The minimum atomic E-state index is -0.342. The van der Waals surface area contributed by atoms with Crippen molar-refractivity contribution in [1.82, 2.24) is 4.90 Å². The number of hydrogen-bond acceptors (Lipinski definition) is 3. The van der Waals surface area contributed by atoms with E-state index in [9.17, 15) is 9.18 Å². The molecule has 0 saturated heterocycles. The standard InChI is InChI=1S/C18H15ClFNO2S/c1-21(10-11-3-6-13(23-2)7-4-11)18(22)17-16(19)14-8-5-12(20)9-15(14)24-17/h3-9H,10H2,1-2H3. The van der Waals surface area contributed by atoms with Crippen LogP contribution in [0.25, 0.3) is 10.1 Å². The van der Waals surface area contributed by atoms with Crippen molar-refractivity contribution in [3.05, 3.63) is 63.7 Å². The van der Waals surface area contributed by atoms with Gasteiger partial charge in [-0.2, -0.15) is 0 Å². The van der Waals surface area contributed by atoms with Crippen molar-refractivity contribution >= 4 is 38.9 Å². The predicted octanol–water partition coefficient (Wildman–Crippen LogP) is 4.97. The summed E-state index contributed by atoms with van der Waals surface area (Å²) in [6.07, 6.45) is 0. The highest BCUT2D eigenvalue weighted by atomic mass is 35.5. The molecule has 0 saturated carbocycles. The van der Waals surface area contributed by atoms with Crippen LogP contribution in [0.4, 0.5) is 4.39 Å². The number of carbonyl (C=O) groups excluding carboxylic acids is 1. The molecule has 6 heteroatoms. The van der Waals surface area contributed by atoms with Crippen molar-refractivity contribution in [3.63, 3.8) is 0 Å². The minimum Gasteiger partial charge on any atom is -0.497 e. The number of fused-ring (bicyclic) bond motifs is 1. The maximum atomic E-state index is 13.3. The monoisotopic (exact) mass is 363 g/mol. The van der Waals surface area contributed by atoms with E-state index >= 15 is 0 Å². The lowest BCUT2D eigenvalue weighted by Crippen LogP contribution is -2.25. The summed E-state index contributed by atoms with van der Waals surface area (Å²) in [5.74, 6) is 0.241. The second-order valence-electron chi connectivity index (χ2n) is 5.39. The molecular weight excluding hydrogens is 349 g/mol. The van der Waals surface area contributed by atoms with Crippen LogP contribution in [-0.2, 0) is 6.54 Å². The van der Waals surface area contributed by atoms with E-state index in [1.54, 1.807) is 25.1 Å². The topological polar surface area (TPSA) is 29.5 Å². The van der Waals surface area contributed by atoms with E-state index < -0.39 is 0 Å². The summed E-state index contributed by atoms with van der Waals surface area (Å²) in [5.41, 5.74) is 0.981. The first-order valence-electron chi connectivity index (χ1n) is 7.25. The number of benzene rings is 2. The largest absolute Gasteiger partial charge is 0.497 e. The van der Waals surface area contributed by atoms with Gasteiger partial charge in [0.05, 0.1) is 12.1 Å². The maximum absolute atomic E-state index is 13.3. The van der Waals surface area contributed by atoms with Gasteiger partial charge in [0.25, 0.3) is 5.91 Å². The molecule has 0 fully saturated rings. The molecule has 124 valence electrons. The van der Waals surface area contributed by atoms with Crippen LogP contribution in [0.15, 0.2) is 42.5 Å². The molecule has 3 rings (SSSR count). The molecule has 0 atom stereocenters. The van der Waals surface area contributed by atoms with E-state index in [4.69, 9.17) is 16.3 Å². The highest BCUT2D eigenvalue weighted by molar-refractivity contribution is 7.21. The Morgan fingerprint density at radius 3 is 2.62 bits per heavy atom. The van der Waals surface area contributed by atoms with Gasteiger partial charge in [0.1, 0.15) is 16.4 Å². The lowest BCUT2D eigenvalue weighted by molar-refractivity contribution is 0.0790. The summed E-state index contributed by atoms with van der Waals surface area (Å²) in [7, 11) is 3.32. The van der Waals surface area contributed by atoms with Gasteiger partial charge in [-0.05, 0) is 35.9 Å². The Bertz CT molecular complexity index is 892. The molecule has 0 unspecified atom stereocenters. The summed E-state index contributed by atoms with van der Waals surface area (Å²) in [6, 6.07) is 11.9. The highest BCUT2D eigenvalue weighted by Gasteiger charge is 2.20. The number of rotatable bonds is 4. The summed E-state index contributed by atoms with van der Waals surface area (Å²) in [4.78, 5) is 14.7. The smallest absolute Gasteiger partial charge is 0.265 e. The first kappa shape index (κ1) is 16.7. The fraction of sp³-hybridized carbons (Fsp3) is 0.167. The van der Waals surface area contributed by atoms with E-state index in [0.29, 0.717) is 26.5 Å². The molecule has 0 aliphatic heterocycles. The van der Waals surface area contributed by atoms with Crippen LogP contribution in [0.5, 0.6) is 5.75 Å². The van der Waals surface area contributed by atoms with Crippen molar-refractivity contribution in [2.45, 2.75) is 6.54 Å². The minimum absolute atomic E-state index is 0.183. The molecule has 1 aromatic heterocycles. The molecule has 2 aromatic carbocycles. The fourth-order valence-electron chi connectivity index (χ4n) is 2.43. The van der Waals surface area contributed by atoms with Gasteiger partial charge in [-0.1, -0.05) is 23.7 Å². The van der Waals surface area contributed by atoms with Gasteiger partial charge in [-0.3, -0.25) is 4.79 Å². The van der Waals surface area contributed by atoms with Crippen LogP contribution in [0, 0.1) is 5.82 Å². The van der Waals surface area contributed by atoms with Crippen LogP contribution in [0.1, 0.15) is 15.2 Å². The lowest BCUT2D eigenvalue weighted by atomic mass is 10.2. The molecule has 0 bridgehead atoms. The third kappa shape index (κ3) is 3.23. The SMILES string of the molecule is COc1ccc(CN(C)C(=O)c2sc3cc(F)ccc3c2Cl)cc1. The third-order valence-electron chi connectivity index (χ3n) is 3.71. The number of halogens is 2. The van der Waals surface area contributed by atoms with E-state index in [2.05, 4.69) is 0 Å². The van der Waals surface area contributed by atoms with Crippen molar-refractivity contribution in [2.75, 3.05) is 14.2 Å². The second-order valence-corrected chi connectivity index (χ2v) is 6.83. The van der Waals surface area contributed by atoms with Gasteiger partial charge in [0.2, 0.25) is 0 Å². The summed E-state index contributed by atoms with van der Waals surface area (Å²) >= 11 is 7.52. The average molecular weight is 364 g/mol. The van der Waals surface area contributed by atoms with E-state index in [1.165, 1.54) is 23.5 Å². The zero-order valence-corrected chi connectivity index (χ0v) is 14.7. The van der Waals surface area contributed by atoms with E-state index in [1.807, 2.05) is 24.3 Å². The average Bonchev–Trinajstić information content (AvgIpc) is 2.90. The van der Waals surface area contributed by atoms with Crippen LogP contribution >= 0.6 is 22.9 Å². The Hall–Kier alpha value is -2.11. The van der Waals surface area contributed by atoms with Crippen LogP contribution in [-0.4, -0.2) is 25.0 Å². The zero-order valence-electron chi connectivity index (χ0n) is 13.2. The Balaban J connectivity index is 1.83. The van der Waals surface area contributed by atoms with Gasteiger partial charge in [-0.15, -0.1) is 11.3 Å². The first-order valence-corrected chi connectivity index (χ1v) is 8.45. The molecule has 0 spiro atoms. The van der Waals surface area contributed by atoms with Crippen molar-refractivity contribution in [2.24, 2.45) is 0 Å². The van der Waals surface area contributed by atoms with E-state index in [0.717, 1.165) is 11.3 Å². The molecular formula is C18H15ClFNO2S. The maximum Gasteiger partial charge on any atom is 0.265 e. The number of hydrogen-bond donors (Lipinski definition) is 0. The first-order chi connectivity index (χ1) is 11.5. The normalized spacial score (nSPS) is 10.8. The van der Waals surface area contributed by atoms with Crippen molar-refractivity contribution < 1.29 is 13.9 Å². The lowest BCUT2D eigenvalue weighted by Gasteiger charge is -2.17. The molecule has 0 N–H and O–H groups in total. The van der Waals surface area contributed by atoms with Crippen LogP contribution in [0.2, 0.25) is 5.02 Å². The van der Waals surface area contributed by atoms with Crippen molar-refractivity contribution in [3.8, 4) is 5.75 Å².